The maximum atomic E-state index is 10.5. The molecule has 0 fully saturated rings. The molecule has 0 aromatic rings. The van der Waals surface area contributed by atoms with Crippen molar-refractivity contribution < 1.29 is 18.9 Å². The van der Waals surface area contributed by atoms with Crippen molar-refractivity contribution in [1.29, 1.82) is 0 Å². The van der Waals surface area contributed by atoms with Gasteiger partial charge in [0.25, 0.3) is 0 Å². The standard InChI is InChI=1S/C8H20NO4P/c1-5-9(6-2)8(3,4)7-13-14(10,11)12/h5-7H2,1-4H3,(H2,10,11,12). The zero-order valence-corrected chi connectivity index (χ0v) is 10.1. The van der Waals surface area contributed by atoms with Crippen molar-refractivity contribution in [2.24, 2.45) is 0 Å². The number of phosphoric ester groups is 1. The average Bonchev–Trinajstić information content (AvgIpc) is 2.02. The minimum absolute atomic E-state index is 0.0267. The molecular formula is C8H20NO4P. The zero-order valence-electron chi connectivity index (χ0n) is 9.23. The zero-order chi connectivity index (χ0) is 11.4. The molecule has 0 spiro atoms. The molecule has 0 amide bonds. The molecule has 0 bridgehead atoms. The van der Waals surface area contributed by atoms with Crippen molar-refractivity contribution in [2.75, 3.05) is 19.7 Å². The summed E-state index contributed by atoms with van der Waals surface area (Å²) in [6.07, 6.45) is 0. The first kappa shape index (κ1) is 14.1. The molecule has 0 unspecified atom stereocenters. The number of rotatable bonds is 6. The number of nitrogens with zero attached hydrogens (tertiary/aromatic N) is 1. The molecular weight excluding hydrogens is 205 g/mol. The van der Waals surface area contributed by atoms with Gasteiger partial charge < -0.3 is 9.79 Å². The van der Waals surface area contributed by atoms with Gasteiger partial charge in [0.1, 0.15) is 0 Å². The van der Waals surface area contributed by atoms with Gasteiger partial charge in [0.15, 0.2) is 0 Å². The van der Waals surface area contributed by atoms with Gasteiger partial charge in [-0.25, -0.2) is 4.57 Å². The molecule has 5 nitrogen and oxygen atoms in total. The van der Waals surface area contributed by atoms with Gasteiger partial charge in [-0.1, -0.05) is 13.8 Å². The van der Waals surface area contributed by atoms with Gasteiger partial charge in [0.05, 0.1) is 6.61 Å². The minimum atomic E-state index is -4.35. The predicted molar refractivity (Wildman–Crippen MR) is 55.0 cm³/mol. The molecule has 0 heterocycles. The highest BCUT2D eigenvalue weighted by molar-refractivity contribution is 7.46. The summed E-state index contributed by atoms with van der Waals surface area (Å²) in [4.78, 5) is 19.2. The van der Waals surface area contributed by atoms with Crippen molar-refractivity contribution in [2.45, 2.75) is 33.2 Å². The van der Waals surface area contributed by atoms with Crippen LogP contribution in [-0.2, 0) is 9.09 Å². The van der Waals surface area contributed by atoms with Crippen molar-refractivity contribution in [3.05, 3.63) is 0 Å². The van der Waals surface area contributed by atoms with Crippen LogP contribution in [-0.4, -0.2) is 39.9 Å². The third-order valence-corrected chi connectivity index (χ3v) is 2.67. The Hall–Kier alpha value is 0.0700. The lowest BCUT2D eigenvalue weighted by Gasteiger charge is -2.36. The summed E-state index contributed by atoms with van der Waals surface area (Å²) >= 11 is 0. The molecule has 86 valence electrons. The van der Waals surface area contributed by atoms with Crippen LogP contribution in [0, 0.1) is 0 Å². The first-order chi connectivity index (χ1) is 6.23. The van der Waals surface area contributed by atoms with Gasteiger partial charge in [-0.3, -0.25) is 9.42 Å². The highest BCUT2D eigenvalue weighted by Gasteiger charge is 2.28. The molecule has 0 radical (unpaired) electrons. The first-order valence-corrected chi connectivity index (χ1v) is 6.21. The fourth-order valence-electron chi connectivity index (χ4n) is 1.41. The van der Waals surface area contributed by atoms with E-state index in [1.165, 1.54) is 0 Å². The molecule has 0 aliphatic rings. The van der Waals surface area contributed by atoms with E-state index < -0.39 is 7.82 Å². The highest BCUT2D eigenvalue weighted by atomic mass is 31.2. The van der Waals surface area contributed by atoms with Gasteiger partial charge in [-0.2, -0.15) is 0 Å². The second kappa shape index (κ2) is 5.24. The lowest BCUT2D eigenvalue weighted by molar-refractivity contribution is 0.0600. The molecule has 0 aromatic carbocycles. The Morgan fingerprint density at radius 1 is 1.29 bits per heavy atom. The molecule has 0 saturated carbocycles. The molecule has 14 heavy (non-hydrogen) atoms. The third kappa shape index (κ3) is 5.08. The Balaban J connectivity index is 4.25. The van der Waals surface area contributed by atoms with Crippen LogP contribution >= 0.6 is 7.82 Å². The molecule has 0 saturated heterocycles. The van der Waals surface area contributed by atoms with Crippen molar-refractivity contribution in [3.63, 3.8) is 0 Å². The van der Waals surface area contributed by atoms with Crippen molar-refractivity contribution in [3.8, 4) is 0 Å². The molecule has 0 rings (SSSR count). The Morgan fingerprint density at radius 3 is 2.00 bits per heavy atom. The fraction of sp³-hybridized carbons (Fsp3) is 1.00. The molecule has 0 aromatic heterocycles. The Morgan fingerprint density at radius 2 is 1.71 bits per heavy atom. The Bertz CT molecular complexity index is 209. The van der Waals surface area contributed by atoms with E-state index in [0.717, 1.165) is 13.1 Å². The van der Waals surface area contributed by atoms with Crippen LogP contribution in [0.3, 0.4) is 0 Å². The lowest BCUT2D eigenvalue weighted by atomic mass is 10.0. The van der Waals surface area contributed by atoms with Gasteiger partial charge in [0.2, 0.25) is 0 Å². The SMILES string of the molecule is CCN(CC)C(C)(C)COP(=O)(O)O. The third-order valence-electron chi connectivity index (χ3n) is 2.21. The normalized spacial score (nSPS) is 13.6. The highest BCUT2D eigenvalue weighted by Crippen LogP contribution is 2.37. The van der Waals surface area contributed by atoms with E-state index in [-0.39, 0.29) is 12.1 Å². The van der Waals surface area contributed by atoms with E-state index in [0.29, 0.717) is 0 Å². The summed E-state index contributed by atoms with van der Waals surface area (Å²) in [6.45, 7) is 9.48. The summed E-state index contributed by atoms with van der Waals surface area (Å²) in [6, 6.07) is 0. The summed E-state index contributed by atoms with van der Waals surface area (Å²) in [5.74, 6) is 0. The number of phosphoric acid groups is 1. The van der Waals surface area contributed by atoms with Crippen LogP contribution in [0.1, 0.15) is 27.7 Å². The summed E-state index contributed by atoms with van der Waals surface area (Å²) in [7, 11) is -4.35. The molecule has 0 aliphatic heterocycles. The lowest BCUT2D eigenvalue weighted by Crippen LogP contribution is -2.46. The summed E-state index contributed by atoms with van der Waals surface area (Å²) in [5, 5.41) is 0. The smallest absolute Gasteiger partial charge is 0.303 e. The van der Waals surface area contributed by atoms with Gasteiger partial charge in [0, 0.05) is 5.54 Å². The van der Waals surface area contributed by atoms with Gasteiger partial charge >= 0.3 is 7.82 Å². The van der Waals surface area contributed by atoms with Crippen molar-refractivity contribution in [1.82, 2.24) is 4.90 Å². The second-order valence-electron chi connectivity index (χ2n) is 3.75. The van der Waals surface area contributed by atoms with E-state index in [4.69, 9.17) is 9.79 Å². The maximum Gasteiger partial charge on any atom is 0.469 e. The van der Waals surface area contributed by atoms with Crippen LogP contribution in [0.2, 0.25) is 0 Å². The van der Waals surface area contributed by atoms with E-state index in [1.807, 2.05) is 27.7 Å². The van der Waals surface area contributed by atoms with Crippen LogP contribution < -0.4 is 0 Å². The fourth-order valence-corrected chi connectivity index (χ4v) is 1.90. The van der Waals surface area contributed by atoms with E-state index >= 15 is 0 Å². The average molecular weight is 225 g/mol. The monoisotopic (exact) mass is 225 g/mol. The first-order valence-electron chi connectivity index (χ1n) is 4.68. The Labute approximate surface area is 85.3 Å². The van der Waals surface area contributed by atoms with Crippen LogP contribution in [0.4, 0.5) is 0 Å². The predicted octanol–water partition coefficient (Wildman–Crippen LogP) is 1.22. The number of likely N-dealkylation sites (N-methyl/N-ethyl adjacent to an activating group) is 1. The largest absolute Gasteiger partial charge is 0.469 e. The van der Waals surface area contributed by atoms with E-state index in [9.17, 15) is 4.57 Å². The van der Waals surface area contributed by atoms with Gasteiger partial charge in [-0.15, -0.1) is 0 Å². The summed E-state index contributed by atoms with van der Waals surface area (Å²) < 4.78 is 15.0. The second-order valence-corrected chi connectivity index (χ2v) is 4.99. The molecule has 6 heteroatoms. The minimum Gasteiger partial charge on any atom is -0.303 e. The maximum absolute atomic E-state index is 10.5. The van der Waals surface area contributed by atoms with E-state index in [2.05, 4.69) is 9.42 Å². The number of hydrogen-bond acceptors (Lipinski definition) is 3. The van der Waals surface area contributed by atoms with Crippen LogP contribution in [0.5, 0.6) is 0 Å². The van der Waals surface area contributed by atoms with E-state index in [1.54, 1.807) is 0 Å². The molecule has 0 aliphatic carbocycles. The molecule has 0 atom stereocenters. The van der Waals surface area contributed by atoms with Crippen LogP contribution in [0.25, 0.3) is 0 Å². The summed E-state index contributed by atoms with van der Waals surface area (Å²) in [5.41, 5.74) is -0.357. The van der Waals surface area contributed by atoms with Crippen molar-refractivity contribution >= 4 is 7.82 Å². The quantitative estimate of drug-likeness (QED) is 0.665. The topological polar surface area (TPSA) is 70.0 Å². The number of hydrogen-bond donors (Lipinski definition) is 2. The van der Waals surface area contributed by atoms with Crippen LogP contribution in [0.15, 0.2) is 0 Å². The van der Waals surface area contributed by atoms with Gasteiger partial charge in [-0.05, 0) is 26.9 Å². The Kier molecular flexibility index (Phi) is 5.26. The molecule has 2 N–H and O–H groups in total.